The highest BCUT2D eigenvalue weighted by molar-refractivity contribution is 5.94. The van der Waals surface area contributed by atoms with Crippen molar-refractivity contribution in [3.63, 3.8) is 0 Å². The van der Waals surface area contributed by atoms with E-state index in [0.29, 0.717) is 48.5 Å². The van der Waals surface area contributed by atoms with Gasteiger partial charge >= 0.3 is 0 Å². The number of nitrogens with zero attached hydrogens (tertiary/aromatic N) is 3. The van der Waals surface area contributed by atoms with Crippen LogP contribution in [0, 0.1) is 6.92 Å². The molecule has 1 heterocycles. The largest absolute Gasteiger partial charge is 0.493 e. The molecule has 7 heteroatoms. The number of benzene rings is 2. The molecule has 0 aliphatic heterocycles. The minimum atomic E-state index is -0.0476. The van der Waals surface area contributed by atoms with Crippen LogP contribution in [-0.2, 0) is 6.54 Å². The second-order valence-electron chi connectivity index (χ2n) is 6.46. The summed E-state index contributed by atoms with van der Waals surface area (Å²) in [7, 11) is 1.61. The minimum Gasteiger partial charge on any atom is -0.493 e. The number of hydrogen-bond donors (Lipinski definition) is 0. The molecule has 3 aromatic rings. The molecule has 0 radical (unpaired) electrons. The molecule has 0 saturated heterocycles. The van der Waals surface area contributed by atoms with E-state index >= 15 is 0 Å². The SMILES string of the molecule is CCOc1ccc(CN(CC)C(=O)c2ccc(-c3nc(C)no3)cc2)cc1OC. The van der Waals surface area contributed by atoms with Crippen LogP contribution < -0.4 is 9.47 Å². The molecule has 0 N–H and O–H groups in total. The highest BCUT2D eigenvalue weighted by Gasteiger charge is 2.16. The summed E-state index contributed by atoms with van der Waals surface area (Å²) in [5.41, 5.74) is 2.35. The molecular weight excluding hydrogens is 370 g/mol. The summed E-state index contributed by atoms with van der Waals surface area (Å²) in [6.07, 6.45) is 0. The topological polar surface area (TPSA) is 77.7 Å². The van der Waals surface area contributed by atoms with E-state index in [1.807, 2.05) is 44.2 Å². The molecule has 3 rings (SSSR count). The molecule has 0 aliphatic carbocycles. The zero-order valence-electron chi connectivity index (χ0n) is 17.1. The van der Waals surface area contributed by atoms with Gasteiger partial charge in [0, 0.05) is 24.2 Å². The van der Waals surface area contributed by atoms with Gasteiger partial charge in [0.1, 0.15) is 0 Å². The summed E-state index contributed by atoms with van der Waals surface area (Å²) in [5.74, 6) is 2.32. The molecule has 0 aliphatic rings. The summed E-state index contributed by atoms with van der Waals surface area (Å²) in [5, 5.41) is 3.79. The van der Waals surface area contributed by atoms with Crippen molar-refractivity contribution in [3.05, 3.63) is 59.4 Å². The second kappa shape index (κ2) is 9.23. The third-order valence-electron chi connectivity index (χ3n) is 4.48. The van der Waals surface area contributed by atoms with E-state index in [1.54, 1.807) is 31.1 Å². The van der Waals surface area contributed by atoms with E-state index in [4.69, 9.17) is 14.0 Å². The van der Waals surface area contributed by atoms with Crippen LogP contribution in [0.3, 0.4) is 0 Å². The molecule has 152 valence electrons. The quantitative estimate of drug-likeness (QED) is 0.571. The lowest BCUT2D eigenvalue weighted by atomic mass is 10.1. The van der Waals surface area contributed by atoms with Gasteiger partial charge in [-0.05, 0) is 62.7 Å². The fraction of sp³-hybridized carbons (Fsp3) is 0.318. The van der Waals surface area contributed by atoms with Crippen molar-refractivity contribution in [1.29, 1.82) is 0 Å². The summed E-state index contributed by atoms with van der Waals surface area (Å²) in [6, 6.07) is 12.9. The summed E-state index contributed by atoms with van der Waals surface area (Å²) in [4.78, 5) is 19.0. The first-order valence-electron chi connectivity index (χ1n) is 9.55. The molecule has 0 spiro atoms. The Morgan fingerprint density at radius 2 is 1.86 bits per heavy atom. The van der Waals surface area contributed by atoms with E-state index in [-0.39, 0.29) is 5.91 Å². The van der Waals surface area contributed by atoms with Crippen LogP contribution in [0.4, 0.5) is 0 Å². The lowest BCUT2D eigenvalue weighted by molar-refractivity contribution is 0.0752. The molecule has 0 atom stereocenters. The molecule has 7 nitrogen and oxygen atoms in total. The van der Waals surface area contributed by atoms with Gasteiger partial charge in [0.15, 0.2) is 17.3 Å². The van der Waals surface area contributed by atoms with Crippen molar-refractivity contribution in [2.24, 2.45) is 0 Å². The van der Waals surface area contributed by atoms with Crippen LogP contribution in [0.15, 0.2) is 47.0 Å². The van der Waals surface area contributed by atoms with E-state index in [9.17, 15) is 4.79 Å². The third-order valence-corrected chi connectivity index (χ3v) is 4.48. The van der Waals surface area contributed by atoms with Gasteiger partial charge in [-0.3, -0.25) is 4.79 Å². The number of hydrogen-bond acceptors (Lipinski definition) is 6. The molecular formula is C22H25N3O4. The zero-order chi connectivity index (χ0) is 20.8. The lowest BCUT2D eigenvalue weighted by Crippen LogP contribution is -2.30. The molecule has 2 aromatic carbocycles. The number of amides is 1. The first kappa shape index (κ1) is 20.4. The van der Waals surface area contributed by atoms with Crippen LogP contribution in [0.2, 0.25) is 0 Å². The second-order valence-corrected chi connectivity index (χ2v) is 6.46. The fourth-order valence-corrected chi connectivity index (χ4v) is 2.98. The van der Waals surface area contributed by atoms with Gasteiger partial charge < -0.3 is 18.9 Å². The molecule has 1 amide bonds. The molecule has 0 unspecified atom stereocenters. The predicted octanol–water partition coefficient (Wildman–Crippen LogP) is 4.11. The van der Waals surface area contributed by atoms with Crippen molar-refractivity contribution in [2.75, 3.05) is 20.3 Å². The Balaban J connectivity index is 1.75. The van der Waals surface area contributed by atoms with E-state index < -0.39 is 0 Å². The lowest BCUT2D eigenvalue weighted by Gasteiger charge is -2.22. The Hall–Kier alpha value is -3.35. The van der Waals surface area contributed by atoms with Crippen LogP contribution >= 0.6 is 0 Å². The predicted molar refractivity (Wildman–Crippen MR) is 109 cm³/mol. The Morgan fingerprint density at radius 3 is 2.45 bits per heavy atom. The maximum absolute atomic E-state index is 13.0. The highest BCUT2D eigenvalue weighted by atomic mass is 16.5. The Labute approximate surface area is 170 Å². The minimum absolute atomic E-state index is 0.0476. The van der Waals surface area contributed by atoms with Gasteiger partial charge in [-0.2, -0.15) is 4.98 Å². The Kier molecular flexibility index (Phi) is 6.49. The van der Waals surface area contributed by atoms with E-state index in [1.165, 1.54) is 0 Å². The average Bonchev–Trinajstić information content (AvgIpc) is 3.19. The summed E-state index contributed by atoms with van der Waals surface area (Å²) in [6.45, 7) is 7.27. The normalized spacial score (nSPS) is 10.6. The van der Waals surface area contributed by atoms with Gasteiger partial charge in [0.05, 0.1) is 13.7 Å². The van der Waals surface area contributed by atoms with Gasteiger partial charge in [0.2, 0.25) is 0 Å². The van der Waals surface area contributed by atoms with E-state index in [2.05, 4.69) is 10.1 Å². The molecule has 29 heavy (non-hydrogen) atoms. The van der Waals surface area contributed by atoms with Gasteiger partial charge in [-0.25, -0.2) is 0 Å². The molecule has 0 saturated carbocycles. The monoisotopic (exact) mass is 395 g/mol. The van der Waals surface area contributed by atoms with Gasteiger partial charge in [-0.1, -0.05) is 11.2 Å². The van der Waals surface area contributed by atoms with Crippen molar-refractivity contribution in [1.82, 2.24) is 15.0 Å². The number of aryl methyl sites for hydroxylation is 1. The van der Waals surface area contributed by atoms with Crippen LogP contribution in [0.1, 0.15) is 35.6 Å². The maximum atomic E-state index is 13.0. The first-order chi connectivity index (χ1) is 14.0. The standard InChI is InChI=1S/C22H25N3O4/c1-5-25(14-16-7-12-19(28-6-2)20(13-16)27-4)22(26)18-10-8-17(9-11-18)21-23-15(3)24-29-21/h7-13H,5-6,14H2,1-4H3. The van der Waals surface area contributed by atoms with Crippen molar-refractivity contribution >= 4 is 5.91 Å². The van der Waals surface area contributed by atoms with Crippen LogP contribution in [0.5, 0.6) is 11.5 Å². The number of carbonyl (C=O) groups is 1. The summed E-state index contributed by atoms with van der Waals surface area (Å²) >= 11 is 0. The van der Waals surface area contributed by atoms with E-state index in [0.717, 1.165) is 11.1 Å². The third kappa shape index (κ3) is 4.74. The average molecular weight is 395 g/mol. The Bertz CT molecular complexity index is 966. The molecule has 1 aromatic heterocycles. The van der Waals surface area contributed by atoms with Gasteiger partial charge in [-0.15, -0.1) is 0 Å². The fourth-order valence-electron chi connectivity index (χ4n) is 2.98. The zero-order valence-corrected chi connectivity index (χ0v) is 17.1. The number of methoxy groups -OCH3 is 1. The Morgan fingerprint density at radius 1 is 1.10 bits per heavy atom. The van der Waals surface area contributed by atoms with Gasteiger partial charge in [0.25, 0.3) is 11.8 Å². The number of carbonyl (C=O) groups excluding carboxylic acids is 1. The first-order valence-corrected chi connectivity index (χ1v) is 9.55. The van der Waals surface area contributed by atoms with Crippen molar-refractivity contribution in [3.8, 4) is 23.0 Å². The number of rotatable bonds is 8. The van der Waals surface area contributed by atoms with Crippen LogP contribution in [0.25, 0.3) is 11.5 Å². The maximum Gasteiger partial charge on any atom is 0.257 e. The number of ether oxygens (including phenoxy) is 2. The summed E-state index contributed by atoms with van der Waals surface area (Å²) < 4.78 is 16.1. The highest BCUT2D eigenvalue weighted by Crippen LogP contribution is 2.28. The molecule has 0 fully saturated rings. The van der Waals surface area contributed by atoms with Crippen molar-refractivity contribution < 1.29 is 18.8 Å². The molecule has 0 bridgehead atoms. The smallest absolute Gasteiger partial charge is 0.257 e. The van der Waals surface area contributed by atoms with Crippen molar-refractivity contribution in [2.45, 2.75) is 27.3 Å². The number of aromatic nitrogens is 2. The van der Waals surface area contributed by atoms with Crippen LogP contribution in [-0.4, -0.2) is 41.2 Å².